The molecule has 0 bridgehead atoms. The molecule has 0 unspecified atom stereocenters. The van der Waals surface area contributed by atoms with E-state index in [-0.39, 0.29) is 22.7 Å². The van der Waals surface area contributed by atoms with Crippen molar-refractivity contribution in [2.75, 3.05) is 11.5 Å². The van der Waals surface area contributed by atoms with E-state index in [0.717, 1.165) is 12.1 Å². The largest absolute Gasteiger partial charge is 0.398 e. The van der Waals surface area contributed by atoms with Gasteiger partial charge in [-0.25, -0.2) is 18.5 Å². The highest BCUT2D eigenvalue weighted by molar-refractivity contribution is 6.83. The van der Waals surface area contributed by atoms with Gasteiger partial charge in [0.2, 0.25) is 11.4 Å². The van der Waals surface area contributed by atoms with Gasteiger partial charge in [0.05, 0.1) is 13.1 Å². The third-order valence-corrected chi connectivity index (χ3v) is 4.08. The molecule has 2 rings (SSSR count). The molecule has 0 saturated carbocycles. The highest BCUT2D eigenvalue weighted by Crippen LogP contribution is 2.24. The number of nitrogens with two attached hydrogens (primary N) is 2. The molecule has 0 aliphatic rings. The summed E-state index contributed by atoms with van der Waals surface area (Å²) in [5.74, 6) is 3.96. The molecule has 0 fully saturated rings. The van der Waals surface area contributed by atoms with Gasteiger partial charge in [-0.15, -0.1) is 12.0 Å². The molecule has 0 radical (unpaired) electrons. The lowest BCUT2D eigenvalue weighted by Crippen LogP contribution is -2.16. The topological polar surface area (TPSA) is 60.8 Å². The van der Waals surface area contributed by atoms with Crippen LogP contribution in [-0.2, 0) is 0 Å². The molecular weight excluding hydrogens is 374 g/mol. The number of hydrogen-bond acceptors (Lipinski definition) is 2. The number of benzene rings is 2. The van der Waals surface area contributed by atoms with Crippen LogP contribution in [0.4, 0.5) is 31.5 Å². The molecule has 7 heteroatoms. The van der Waals surface area contributed by atoms with Crippen LogP contribution in [0.25, 0.3) is 9.69 Å². The fourth-order valence-electron chi connectivity index (χ4n) is 1.81. The first-order chi connectivity index (χ1) is 13.0. The minimum Gasteiger partial charge on any atom is -0.398 e. The summed E-state index contributed by atoms with van der Waals surface area (Å²) in [6.07, 6.45) is 5.07. The summed E-state index contributed by atoms with van der Waals surface area (Å²) in [5, 5.41) is 0. The number of nitrogens with zero attached hydrogens (tertiary/aromatic N) is 2. The summed E-state index contributed by atoms with van der Waals surface area (Å²) < 4.78 is 26.0. The standard InChI is InChI=1S/C12H13FN2Si.C9H5FN2/c1-15-12-7-9(5-6-16(2,3)4)11(14)8-10(12)13;1-3-6-4-9(12-2)7(10)5-8(6)11/h7-8H,14H2,2-4H3;1,4-5H,11H2. The van der Waals surface area contributed by atoms with Crippen LogP contribution in [0.1, 0.15) is 11.1 Å². The predicted octanol–water partition coefficient (Wildman–Crippen LogP) is 5.13. The van der Waals surface area contributed by atoms with E-state index in [1.54, 1.807) is 0 Å². The Labute approximate surface area is 164 Å². The molecule has 140 valence electrons. The van der Waals surface area contributed by atoms with Gasteiger partial charge in [0, 0.05) is 22.5 Å². The Balaban J connectivity index is 0.000000292. The van der Waals surface area contributed by atoms with Gasteiger partial charge >= 0.3 is 0 Å². The van der Waals surface area contributed by atoms with E-state index in [9.17, 15) is 8.78 Å². The van der Waals surface area contributed by atoms with Gasteiger partial charge in [-0.2, -0.15) is 0 Å². The predicted molar refractivity (Wildman–Crippen MR) is 112 cm³/mol. The van der Waals surface area contributed by atoms with Gasteiger partial charge in [-0.1, -0.05) is 31.5 Å². The second-order valence-corrected chi connectivity index (χ2v) is 11.4. The van der Waals surface area contributed by atoms with Crippen LogP contribution in [-0.4, -0.2) is 8.07 Å². The van der Waals surface area contributed by atoms with Crippen LogP contribution >= 0.6 is 0 Å². The first kappa shape index (κ1) is 22.3. The van der Waals surface area contributed by atoms with Crippen molar-refractivity contribution in [1.29, 1.82) is 0 Å². The van der Waals surface area contributed by atoms with E-state index < -0.39 is 19.7 Å². The van der Waals surface area contributed by atoms with E-state index >= 15 is 0 Å². The van der Waals surface area contributed by atoms with E-state index in [1.165, 1.54) is 12.1 Å². The van der Waals surface area contributed by atoms with Gasteiger partial charge in [-0.3, -0.25) is 0 Å². The maximum Gasteiger partial charge on any atom is 0.223 e. The zero-order chi connectivity index (χ0) is 21.5. The zero-order valence-corrected chi connectivity index (χ0v) is 16.7. The first-order valence-corrected chi connectivity index (χ1v) is 11.4. The number of terminal acetylenes is 1. The lowest BCUT2D eigenvalue weighted by atomic mass is 10.1. The SMILES string of the molecule is [C-]#[N+]c1cc(C#C)c(N)cc1F.[C-]#[N+]c1cc(C#C[Si](C)(C)C)c(N)cc1F. The van der Waals surface area contributed by atoms with E-state index in [1.807, 2.05) is 0 Å². The van der Waals surface area contributed by atoms with Crippen LogP contribution in [0.5, 0.6) is 0 Å². The Kier molecular flexibility index (Phi) is 7.35. The Morgan fingerprint density at radius 1 is 0.893 bits per heavy atom. The zero-order valence-electron chi connectivity index (χ0n) is 15.7. The minimum atomic E-state index is -1.49. The molecule has 0 atom stereocenters. The fraction of sp³-hybridized carbons (Fsp3) is 0.143. The summed E-state index contributed by atoms with van der Waals surface area (Å²) in [6.45, 7) is 19.7. The van der Waals surface area contributed by atoms with Gasteiger partial charge in [0.25, 0.3) is 0 Å². The third kappa shape index (κ3) is 6.18. The molecule has 28 heavy (non-hydrogen) atoms. The Hall–Kier alpha value is -3.78. The van der Waals surface area contributed by atoms with Crippen molar-refractivity contribution in [2.24, 2.45) is 0 Å². The van der Waals surface area contributed by atoms with Crippen molar-refractivity contribution in [3.8, 4) is 23.8 Å². The van der Waals surface area contributed by atoms with Crippen molar-refractivity contribution >= 4 is 30.8 Å². The summed E-state index contributed by atoms with van der Waals surface area (Å²) in [4.78, 5) is 6.02. The van der Waals surface area contributed by atoms with Gasteiger partial charge in [0.15, 0.2) is 0 Å². The molecule has 0 aromatic heterocycles. The number of anilines is 2. The summed E-state index contributed by atoms with van der Waals surface area (Å²) in [7, 11) is -1.49. The van der Waals surface area contributed by atoms with Crippen molar-refractivity contribution in [3.63, 3.8) is 0 Å². The number of rotatable bonds is 0. The smallest absolute Gasteiger partial charge is 0.223 e. The average molecular weight is 392 g/mol. The second-order valence-electron chi connectivity index (χ2n) is 6.65. The van der Waals surface area contributed by atoms with Gasteiger partial charge < -0.3 is 11.5 Å². The summed E-state index contributed by atoms with van der Waals surface area (Å²) in [6, 6.07) is 4.88. The summed E-state index contributed by atoms with van der Waals surface area (Å²) >= 11 is 0. The number of nitrogen functional groups attached to an aromatic ring is 2. The van der Waals surface area contributed by atoms with Crippen molar-refractivity contribution < 1.29 is 8.78 Å². The molecule has 0 aliphatic carbocycles. The molecule has 0 aliphatic heterocycles. The normalized spacial score (nSPS) is 9.50. The molecule has 0 heterocycles. The molecule has 0 amide bonds. The maximum atomic E-state index is 13.2. The van der Waals surface area contributed by atoms with Gasteiger partial charge in [-0.05, 0) is 24.3 Å². The highest BCUT2D eigenvalue weighted by atomic mass is 28.3. The van der Waals surface area contributed by atoms with E-state index in [2.05, 4.69) is 46.7 Å². The molecule has 0 saturated heterocycles. The van der Waals surface area contributed by atoms with Crippen LogP contribution in [0.3, 0.4) is 0 Å². The maximum absolute atomic E-state index is 13.2. The van der Waals surface area contributed by atoms with Crippen LogP contribution in [0.15, 0.2) is 24.3 Å². The van der Waals surface area contributed by atoms with E-state index in [0.29, 0.717) is 11.1 Å². The molecule has 4 N–H and O–H groups in total. The average Bonchev–Trinajstić information content (AvgIpc) is 2.61. The number of halogens is 2. The van der Waals surface area contributed by atoms with Crippen LogP contribution in [0, 0.1) is 48.6 Å². The Bertz CT molecular complexity index is 1050. The van der Waals surface area contributed by atoms with Crippen LogP contribution in [0.2, 0.25) is 19.6 Å². The van der Waals surface area contributed by atoms with E-state index in [4.69, 9.17) is 31.0 Å². The molecule has 4 nitrogen and oxygen atoms in total. The van der Waals surface area contributed by atoms with Crippen molar-refractivity contribution in [2.45, 2.75) is 19.6 Å². The summed E-state index contributed by atoms with van der Waals surface area (Å²) in [5.41, 5.74) is 15.4. The Morgan fingerprint density at radius 3 is 1.71 bits per heavy atom. The third-order valence-electron chi connectivity index (χ3n) is 3.21. The molecule has 2 aromatic carbocycles. The van der Waals surface area contributed by atoms with Crippen molar-refractivity contribution in [1.82, 2.24) is 0 Å². The monoisotopic (exact) mass is 392 g/mol. The van der Waals surface area contributed by atoms with Gasteiger partial charge in [0.1, 0.15) is 19.7 Å². The second kappa shape index (κ2) is 9.24. The quantitative estimate of drug-likeness (QED) is 0.283. The highest BCUT2D eigenvalue weighted by Gasteiger charge is 2.10. The Morgan fingerprint density at radius 2 is 1.32 bits per heavy atom. The van der Waals surface area contributed by atoms with Crippen molar-refractivity contribution in [3.05, 3.63) is 69.9 Å². The minimum absolute atomic E-state index is 0.0333. The first-order valence-electron chi connectivity index (χ1n) is 7.95. The fourth-order valence-corrected chi connectivity index (χ4v) is 2.32. The lowest BCUT2D eigenvalue weighted by Gasteiger charge is -2.05. The van der Waals surface area contributed by atoms with Crippen LogP contribution < -0.4 is 11.5 Å². The molecule has 0 spiro atoms. The molecular formula is C21H18F2N4Si. The molecule has 2 aromatic rings. The number of hydrogen-bond donors (Lipinski definition) is 2. The lowest BCUT2D eigenvalue weighted by molar-refractivity contribution is 0.634.